The summed E-state index contributed by atoms with van der Waals surface area (Å²) in [6, 6.07) is 0.752. The fraction of sp³-hybridized carbons (Fsp3) is 0.769. The first-order valence-corrected chi connectivity index (χ1v) is 5.81. The number of allylic oxidation sites excluding steroid dienone is 2. The van der Waals surface area contributed by atoms with E-state index in [-0.39, 0.29) is 5.92 Å². The summed E-state index contributed by atoms with van der Waals surface area (Å²) in [5.74, 6) is 0.556. The Kier molecular flexibility index (Phi) is 3.58. The number of carbonyl (C=O) groups excluding carboxylic acids is 1. The Hall–Kier alpha value is -0.790. The molecule has 1 fully saturated rings. The number of amides is 1. The van der Waals surface area contributed by atoms with E-state index in [0.717, 1.165) is 6.42 Å². The Bertz CT molecular complexity index is 287. The second kappa shape index (κ2) is 4.38. The van der Waals surface area contributed by atoms with E-state index in [1.54, 1.807) is 0 Å². The van der Waals surface area contributed by atoms with Crippen LogP contribution >= 0.6 is 0 Å². The summed E-state index contributed by atoms with van der Waals surface area (Å²) in [4.78, 5) is 13.9. The average molecular weight is 209 g/mol. The molecule has 86 valence electrons. The summed E-state index contributed by atoms with van der Waals surface area (Å²) in [5.41, 5.74) is 2.71. The van der Waals surface area contributed by atoms with Crippen LogP contribution in [-0.2, 0) is 4.79 Å². The molecule has 2 heteroatoms. The summed E-state index contributed by atoms with van der Waals surface area (Å²) < 4.78 is 0. The van der Waals surface area contributed by atoms with Gasteiger partial charge in [0.05, 0.1) is 5.92 Å². The molecule has 1 amide bonds. The molecule has 0 bridgehead atoms. The second-order valence-electron chi connectivity index (χ2n) is 5.17. The summed E-state index contributed by atoms with van der Waals surface area (Å²) in [5, 5.41) is 0. The van der Waals surface area contributed by atoms with Gasteiger partial charge in [0.1, 0.15) is 0 Å². The van der Waals surface area contributed by atoms with E-state index >= 15 is 0 Å². The van der Waals surface area contributed by atoms with Crippen LogP contribution < -0.4 is 0 Å². The van der Waals surface area contributed by atoms with Crippen molar-refractivity contribution >= 4 is 5.91 Å². The molecule has 15 heavy (non-hydrogen) atoms. The maximum absolute atomic E-state index is 11.9. The van der Waals surface area contributed by atoms with Crippen molar-refractivity contribution in [1.82, 2.24) is 4.90 Å². The molecule has 1 heterocycles. The molecule has 0 aromatic carbocycles. The Balaban J connectivity index is 2.63. The van der Waals surface area contributed by atoms with Gasteiger partial charge < -0.3 is 4.90 Å². The smallest absolute Gasteiger partial charge is 0.228 e. The highest BCUT2D eigenvalue weighted by Crippen LogP contribution is 2.33. The van der Waals surface area contributed by atoms with Crippen LogP contribution in [0.15, 0.2) is 11.1 Å². The third-order valence-electron chi connectivity index (χ3n) is 3.53. The molecular weight excluding hydrogens is 186 g/mol. The molecule has 0 spiro atoms. The summed E-state index contributed by atoms with van der Waals surface area (Å²) in [6.45, 7) is 12.7. The van der Waals surface area contributed by atoms with Gasteiger partial charge in [-0.25, -0.2) is 0 Å². The molecule has 0 aromatic heterocycles. The maximum atomic E-state index is 11.9. The number of nitrogens with zero attached hydrogens (tertiary/aromatic N) is 1. The lowest BCUT2D eigenvalue weighted by molar-refractivity contribution is -0.158. The minimum Gasteiger partial charge on any atom is -0.336 e. The van der Waals surface area contributed by atoms with Gasteiger partial charge in [0.25, 0.3) is 0 Å². The van der Waals surface area contributed by atoms with Crippen LogP contribution in [0.1, 0.15) is 48.0 Å². The highest BCUT2D eigenvalue weighted by atomic mass is 16.2. The van der Waals surface area contributed by atoms with E-state index < -0.39 is 0 Å². The zero-order valence-corrected chi connectivity index (χ0v) is 10.8. The quantitative estimate of drug-likeness (QED) is 0.517. The Morgan fingerprint density at radius 3 is 2.20 bits per heavy atom. The number of hydrogen-bond donors (Lipinski definition) is 0. The predicted octanol–water partition coefficient (Wildman–Crippen LogP) is 2.99. The Morgan fingerprint density at radius 2 is 1.87 bits per heavy atom. The minimum absolute atomic E-state index is 0.224. The number of hydrogen-bond acceptors (Lipinski definition) is 1. The van der Waals surface area contributed by atoms with E-state index in [1.807, 2.05) is 4.90 Å². The van der Waals surface area contributed by atoms with Crippen molar-refractivity contribution in [1.29, 1.82) is 0 Å². The molecule has 1 saturated heterocycles. The largest absolute Gasteiger partial charge is 0.336 e. The van der Waals surface area contributed by atoms with Gasteiger partial charge in [-0.3, -0.25) is 4.79 Å². The summed E-state index contributed by atoms with van der Waals surface area (Å²) in [7, 11) is 0. The third kappa shape index (κ3) is 2.24. The first-order valence-electron chi connectivity index (χ1n) is 5.81. The van der Waals surface area contributed by atoms with Crippen LogP contribution in [0.25, 0.3) is 0 Å². The molecule has 0 saturated carbocycles. The van der Waals surface area contributed by atoms with Gasteiger partial charge >= 0.3 is 0 Å². The SMILES string of the molecule is CC(C)=C(C)C[C@@H]1C(=O)N(C(C)C)[C@H]1C. The average Bonchev–Trinajstić information content (AvgIpc) is 2.13. The molecule has 1 aliphatic rings. The van der Waals surface area contributed by atoms with Crippen molar-refractivity contribution in [3.63, 3.8) is 0 Å². The lowest BCUT2D eigenvalue weighted by Crippen LogP contribution is -2.61. The number of rotatable bonds is 3. The lowest BCUT2D eigenvalue weighted by Gasteiger charge is -2.48. The highest BCUT2D eigenvalue weighted by Gasteiger charge is 2.44. The van der Waals surface area contributed by atoms with Gasteiger partial charge in [-0.15, -0.1) is 0 Å². The van der Waals surface area contributed by atoms with Crippen LogP contribution in [0.4, 0.5) is 0 Å². The predicted molar refractivity (Wildman–Crippen MR) is 63.6 cm³/mol. The molecule has 2 atom stereocenters. The standard InChI is InChI=1S/C13H23NO/c1-8(2)10(5)7-12-11(6)14(9(3)4)13(12)15/h9,11-12H,7H2,1-6H3/t11-,12-/m0/s1. The van der Waals surface area contributed by atoms with E-state index in [1.165, 1.54) is 11.1 Å². The van der Waals surface area contributed by atoms with Crippen LogP contribution in [0.5, 0.6) is 0 Å². The number of carbonyl (C=O) groups is 1. The number of likely N-dealkylation sites (tertiary alicyclic amines) is 1. The molecule has 0 aliphatic carbocycles. The van der Waals surface area contributed by atoms with Crippen molar-refractivity contribution in [2.45, 2.75) is 60.0 Å². The fourth-order valence-corrected chi connectivity index (χ4v) is 2.23. The van der Waals surface area contributed by atoms with Crippen molar-refractivity contribution < 1.29 is 4.79 Å². The molecular formula is C13H23NO. The molecule has 0 unspecified atom stereocenters. The van der Waals surface area contributed by atoms with Gasteiger partial charge in [0.15, 0.2) is 0 Å². The Labute approximate surface area is 93.3 Å². The van der Waals surface area contributed by atoms with E-state index in [2.05, 4.69) is 41.5 Å². The minimum atomic E-state index is 0.224. The van der Waals surface area contributed by atoms with Crippen LogP contribution in [0.2, 0.25) is 0 Å². The van der Waals surface area contributed by atoms with E-state index in [9.17, 15) is 4.79 Å². The van der Waals surface area contributed by atoms with Crippen LogP contribution in [-0.4, -0.2) is 22.9 Å². The monoisotopic (exact) mass is 209 g/mol. The zero-order valence-electron chi connectivity index (χ0n) is 10.8. The number of β-lactam (4-membered cyclic amide) rings is 1. The molecule has 0 radical (unpaired) electrons. The second-order valence-corrected chi connectivity index (χ2v) is 5.17. The van der Waals surface area contributed by atoms with Crippen molar-refractivity contribution in [2.75, 3.05) is 0 Å². The molecule has 0 N–H and O–H groups in total. The summed E-state index contributed by atoms with van der Waals surface area (Å²) in [6.07, 6.45) is 0.936. The topological polar surface area (TPSA) is 20.3 Å². The van der Waals surface area contributed by atoms with Crippen LogP contribution in [0.3, 0.4) is 0 Å². The fourth-order valence-electron chi connectivity index (χ4n) is 2.23. The van der Waals surface area contributed by atoms with Gasteiger partial charge in [0, 0.05) is 12.1 Å². The molecule has 2 nitrogen and oxygen atoms in total. The van der Waals surface area contributed by atoms with E-state index in [4.69, 9.17) is 0 Å². The van der Waals surface area contributed by atoms with Crippen LogP contribution in [0, 0.1) is 5.92 Å². The molecule has 1 rings (SSSR count). The highest BCUT2D eigenvalue weighted by molar-refractivity contribution is 5.86. The van der Waals surface area contributed by atoms with Crippen molar-refractivity contribution in [2.24, 2.45) is 5.92 Å². The first-order chi connectivity index (χ1) is 6.86. The van der Waals surface area contributed by atoms with Gasteiger partial charge in [-0.1, -0.05) is 11.1 Å². The van der Waals surface area contributed by atoms with E-state index in [0.29, 0.717) is 18.0 Å². The maximum Gasteiger partial charge on any atom is 0.228 e. The summed E-state index contributed by atoms with van der Waals surface area (Å²) >= 11 is 0. The van der Waals surface area contributed by atoms with Crippen molar-refractivity contribution in [3.05, 3.63) is 11.1 Å². The Morgan fingerprint density at radius 1 is 1.33 bits per heavy atom. The van der Waals surface area contributed by atoms with Gasteiger partial charge in [-0.2, -0.15) is 0 Å². The first kappa shape index (κ1) is 12.3. The molecule has 1 aliphatic heterocycles. The van der Waals surface area contributed by atoms with Crippen molar-refractivity contribution in [3.8, 4) is 0 Å². The van der Waals surface area contributed by atoms with Gasteiger partial charge in [0.2, 0.25) is 5.91 Å². The zero-order chi connectivity index (χ0) is 11.7. The third-order valence-corrected chi connectivity index (χ3v) is 3.53. The van der Waals surface area contributed by atoms with Gasteiger partial charge in [-0.05, 0) is 48.0 Å². The normalized spacial score (nSPS) is 25.5. The lowest BCUT2D eigenvalue weighted by atomic mass is 9.82. The molecule has 0 aromatic rings.